The molecule has 1 aliphatic heterocycles. The van der Waals surface area contributed by atoms with E-state index in [0.29, 0.717) is 16.8 Å². The van der Waals surface area contributed by atoms with E-state index in [-0.39, 0.29) is 9.90 Å². The number of benzene rings is 2. The van der Waals surface area contributed by atoms with E-state index in [1.165, 1.54) is 12.1 Å². The van der Waals surface area contributed by atoms with Gasteiger partial charge in [0.2, 0.25) is 0 Å². The van der Waals surface area contributed by atoms with Crippen molar-refractivity contribution >= 4 is 44.5 Å². The lowest BCUT2D eigenvalue weighted by Crippen LogP contribution is -2.29. The fourth-order valence-electron chi connectivity index (χ4n) is 2.75. The Morgan fingerprint density at radius 2 is 1.54 bits per heavy atom. The monoisotopic (exact) mass is 384 g/mol. The standard InChI is InChI=1S/C18H12N2O4S2/c21-17-14-7-1-2-8-15(14)18(22)20(17)13-6-3-5-12(11-13)19-26(23,24)16-9-4-10-25-16/h1-11,19H. The first-order valence-corrected chi connectivity index (χ1v) is 9.98. The van der Waals surface area contributed by atoms with Crippen LogP contribution in [0.5, 0.6) is 0 Å². The van der Waals surface area contributed by atoms with E-state index in [0.717, 1.165) is 16.2 Å². The average molecular weight is 384 g/mol. The van der Waals surface area contributed by atoms with Gasteiger partial charge >= 0.3 is 0 Å². The second-order valence-electron chi connectivity index (χ2n) is 5.58. The zero-order chi connectivity index (χ0) is 18.3. The maximum absolute atomic E-state index is 12.6. The SMILES string of the molecule is O=C1c2ccccc2C(=O)N1c1cccc(NS(=O)(=O)c2cccs2)c1. The Hall–Kier alpha value is -2.97. The van der Waals surface area contributed by atoms with Gasteiger partial charge in [0.05, 0.1) is 22.5 Å². The number of anilines is 2. The van der Waals surface area contributed by atoms with Crippen LogP contribution >= 0.6 is 11.3 Å². The van der Waals surface area contributed by atoms with Gasteiger partial charge in [-0.15, -0.1) is 11.3 Å². The molecule has 2 aromatic carbocycles. The van der Waals surface area contributed by atoms with Crippen LogP contribution in [0.1, 0.15) is 20.7 Å². The lowest BCUT2D eigenvalue weighted by Gasteiger charge is -2.15. The number of rotatable bonds is 4. The van der Waals surface area contributed by atoms with Crippen molar-refractivity contribution in [1.29, 1.82) is 0 Å². The number of amides is 2. The van der Waals surface area contributed by atoms with Gasteiger partial charge in [-0.05, 0) is 41.8 Å². The van der Waals surface area contributed by atoms with Crippen LogP contribution in [0.15, 0.2) is 70.3 Å². The molecule has 1 N–H and O–H groups in total. The van der Waals surface area contributed by atoms with Crippen molar-refractivity contribution in [3.63, 3.8) is 0 Å². The van der Waals surface area contributed by atoms with Crippen LogP contribution in [0.2, 0.25) is 0 Å². The predicted molar refractivity (Wildman–Crippen MR) is 99.2 cm³/mol. The highest BCUT2D eigenvalue weighted by atomic mass is 32.2. The summed E-state index contributed by atoms with van der Waals surface area (Å²) < 4.78 is 27.4. The minimum Gasteiger partial charge on any atom is -0.279 e. The Balaban J connectivity index is 1.67. The van der Waals surface area contributed by atoms with E-state index in [9.17, 15) is 18.0 Å². The Morgan fingerprint density at radius 3 is 2.15 bits per heavy atom. The number of hydrogen-bond donors (Lipinski definition) is 1. The fraction of sp³-hybridized carbons (Fsp3) is 0. The summed E-state index contributed by atoms with van der Waals surface area (Å²) in [5.74, 6) is -0.854. The van der Waals surface area contributed by atoms with Crippen LogP contribution in [0.25, 0.3) is 0 Å². The first-order valence-electron chi connectivity index (χ1n) is 7.61. The number of carbonyl (C=O) groups is 2. The highest BCUT2D eigenvalue weighted by Crippen LogP contribution is 2.30. The van der Waals surface area contributed by atoms with E-state index < -0.39 is 21.8 Å². The molecular formula is C18H12N2O4S2. The van der Waals surface area contributed by atoms with Gasteiger partial charge < -0.3 is 0 Å². The molecule has 0 unspecified atom stereocenters. The van der Waals surface area contributed by atoms with Gasteiger partial charge in [0, 0.05) is 0 Å². The molecule has 0 aliphatic carbocycles. The highest BCUT2D eigenvalue weighted by Gasteiger charge is 2.36. The largest absolute Gasteiger partial charge is 0.279 e. The maximum Gasteiger partial charge on any atom is 0.271 e. The van der Waals surface area contributed by atoms with Gasteiger partial charge in [-0.25, -0.2) is 13.3 Å². The third-order valence-corrected chi connectivity index (χ3v) is 6.69. The predicted octanol–water partition coefficient (Wildman–Crippen LogP) is 3.35. The minimum absolute atomic E-state index is 0.184. The van der Waals surface area contributed by atoms with E-state index >= 15 is 0 Å². The van der Waals surface area contributed by atoms with Crippen molar-refractivity contribution in [1.82, 2.24) is 0 Å². The van der Waals surface area contributed by atoms with Crippen molar-refractivity contribution in [2.75, 3.05) is 9.62 Å². The molecule has 0 fully saturated rings. The Morgan fingerprint density at radius 1 is 0.846 bits per heavy atom. The highest BCUT2D eigenvalue weighted by molar-refractivity contribution is 7.94. The van der Waals surface area contributed by atoms with Crippen molar-refractivity contribution in [3.05, 3.63) is 77.2 Å². The van der Waals surface area contributed by atoms with Crippen molar-refractivity contribution in [2.24, 2.45) is 0 Å². The van der Waals surface area contributed by atoms with Gasteiger partial charge in [-0.3, -0.25) is 14.3 Å². The zero-order valence-electron chi connectivity index (χ0n) is 13.2. The summed E-state index contributed by atoms with van der Waals surface area (Å²) in [5.41, 5.74) is 1.25. The number of nitrogens with one attached hydrogen (secondary N) is 1. The lowest BCUT2D eigenvalue weighted by atomic mass is 10.1. The van der Waals surface area contributed by atoms with Gasteiger partial charge in [0.25, 0.3) is 21.8 Å². The zero-order valence-corrected chi connectivity index (χ0v) is 14.9. The molecular weight excluding hydrogens is 372 g/mol. The summed E-state index contributed by atoms with van der Waals surface area (Å²) in [6.45, 7) is 0. The van der Waals surface area contributed by atoms with Crippen LogP contribution in [-0.2, 0) is 10.0 Å². The molecule has 2 amide bonds. The molecule has 26 heavy (non-hydrogen) atoms. The molecule has 0 bridgehead atoms. The lowest BCUT2D eigenvalue weighted by molar-refractivity contribution is 0.0926. The first kappa shape index (κ1) is 16.5. The van der Waals surface area contributed by atoms with E-state index in [2.05, 4.69) is 4.72 Å². The van der Waals surface area contributed by atoms with Gasteiger partial charge in [0.1, 0.15) is 4.21 Å². The number of sulfonamides is 1. The minimum atomic E-state index is -3.71. The molecule has 0 saturated heterocycles. The molecule has 0 spiro atoms. The van der Waals surface area contributed by atoms with Crippen molar-refractivity contribution in [3.8, 4) is 0 Å². The molecule has 130 valence electrons. The summed E-state index contributed by atoms with van der Waals surface area (Å²) in [7, 11) is -3.71. The summed E-state index contributed by atoms with van der Waals surface area (Å²) >= 11 is 1.10. The average Bonchev–Trinajstić information content (AvgIpc) is 3.24. The van der Waals surface area contributed by atoms with E-state index in [4.69, 9.17) is 0 Å². The number of hydrogen-bond acceptors (Lipinski definition) is 5. The van der Waals surface area contributed by atoms with Crippen LogP contribution in [-0.4, -0.2) is 20.2 Å². The number of fused-ring (bicyclic) bond motifs is 1. The van der Waals surface area contributed by atoms with Crippen LogP contribution in [0, 0.1) is 0 Å². The van der Waals surface area contributed by atoms with Crippen LogP contribution in [0.4, 0.5) is 11.4 Å². The van der Waals surface area contributed by atoms with E-state index in [1.807, 2.05) is 0 Å². The number of nitrogens with zero attached hydrogens (tertiary/aromatic N) is 1. The smallest absolute Gasteiger partial charge is 0.271 e. The quantitative estimate of drug-likeness (QED) is 0.699. The number of carbonyl (C=O) groups excluding carboxylic acids is 2. The number of imide groups is 1. The molecule has 3 aromatic rings. The summed E-state index contributed by atoms with van der Waals surface area (Å²) in [6.07, 6.45) is 0. The molecule has 4 rings (SSSR count). The van der Waals surface area contributed by atoms with Crippen molar-refractivity contribution < 1.29 is 18.0 Å². The second kappa shape index (κ2) is 6.08. The Bertz CT molecular complexity index is 1090. The molecule has 2 heterocycles. The summed E-state index contributed by atoms with van der Waals surface area (Å²) in [6, 6.07) is 15.9. The molecule has 8 heteroatoms. The van der Waals surface area contributed by atoms with Crippen LogP contribution in [0.3, 0.4) is 0 Å². The van der Waals surface area contributed by atoms with Crippen LogP contribution < -0.4 is 9.62 Å². The molecule has 1 aromatic heterocycles. The number of thiophene rings is 1. The first-order chi connectivity index (χ1) is 12.5. The normalized spacial score (nSPS) is 13.8. The summed E-state index contributed by atoms with van der Waals surface area (Å²) in [4.78, 5) is 26.2. The van der Waals surface area contributed by atoms with Gasteiger partial charge in [0.15, 0.2) is 0 Å². The van der Waals surface area contributed by atoms with E-state index in [1.54, 1.807) is 53.9 Å². The van der Waals surface area contributed by atoms with Crippen molar-refractivity contribution in [2.45, 2.75) is 4.21 Å². The molecule has 6 nitrogen and oxygen atoms in total. The fourth-order valence-corrected chi connectivity index (χ4v) is 4.80. The summed E-state index contributed by atoms with van der Waals surface area (Å²) in [5, 5.41) is 1.67. The third-order valence-electron chi connectivity index (χ3n) is 3.91. The molecule has 0 radical (unpaired) electrons. The molecule has 0 saturated carbocycles. The Labute approximate surface area is 153 Å². The van der Waals surface area contributed by atoms with Gasteiger partial charge in [-0.2, -0.15) is 0 Å². The third kappa shape index (κ3) is 2.69. The van der Waals surface area contributed by atoms with Gasteiger partial charge in [-0.1, -0.05) is 24.3 Å². The topological polar surface area (TPSA) is 83.6 Å². The Kier molecular flexibility index (Phi) is 3.86. The maximum atomic E-state index is 12.6. The second-order valence-corrected chi connectivity index (χ2v) is 8.44. The molecule has 0 atom stereocenters. The molecule has 1 aliphatic rings.